The van der Waals surface area contributed by atoms with Gasteiger partial charge in [-0.2, -0.15) is 0 Å². The molecule has 0 unspecified atom stereocenters. The smallest absolute Gasteiger partial charge is 0.477 e. The van der Waals surface area contributed by atoms with Crippen LogP contribution in [0.2, 0.25) is 0 Å². The van der Waals surface area contributed by atoms with Crippen LogP contribution >= 0.6 is 0 Å². The lowest BCUT2D eigenvalue weighted by molar-refractivity contribution is 0.00578. The zero-order valence-corrected chi connectivity index (χ0v) is 12.2. The molecule has 0 spiro atoms. The van der Waals surface area contributed by atoms with E-state index in [9.17, 15) is 0 Å². The number of aromatic nitrogens is 2. The first kappa shape index (κ1) is 14.1. The summed E-state index contributed by atoms with van der Waals surface area (Å²) >= 11 is 0. The normalized spacial score (nSPS) is 20.4. The van der Waals surface area contributed by atoms with Crippen molar-refractivity contribution in [3.63, 3.8) is 0 Å². The number of rotatable bonds is 3. The van der Waals surface area contributed by atoms with Crippen molar-refractivity contribution in [2.24, 2.45) is 0 Å². The van der Waals surface area contributed by atoms with Gasteiger partial charge in [-0.05, 0) is 27.7 Å². The number of nitrogens with zero attached hydrogens (tertiary/aromatic N) is 2. The largest absolute Gasteiger partial charge is 0.516 e. The van der Waals surface area contributed by atoms with Gasteiger partial charge in [-0.3, -0.25) is 0 Å². The zero-order chi connectivity index (χ0) is 14.3. The van der Waals surface area contributed by atoms with Gasteiger partial charge in [0.1, 0.15) is 0 Å². The highest BCUT2D eigenvalue weighted by Crippen LogP contribution is 2.36. The Balaban J connectivity index is 2.30. The molecule has 0 atom stereocenters. The molecule has 1 aromatic heterocycles. The van der Waals surface area contributed by atoms with Crippen LogP contribution in [0, 0.1) is 0 Å². The van der Waals surface area contributed by atoms with E-state index >= 15 is 0 Å². The van der Waals surface area contributed by atoms with Crippen molar-refractivity contribution < 1.29 is 18.8 Å². The molecule has 1 aliphatic rings. The first-order valence-electron chi connectivity index (χ1n) is 6.11. The van der Waals surface area contributed by atoms with Crippen LogP contribution in [0.25, 0.3) is 0 Å². The van der Waals surface area contributed by atoms with Gasteiger partial charge in [0.05, 0.1) is 31.0 Å². The Hall–Kier alpha value is -1.34. The molecule has 1 aromatic rings. The van der Waals surface area contributed by atoms with Crippen LogP contribution in [0.15, 0.2) is 6.20 Å². The molecule has 0 aromatic carbocycles. The summed E-state index contributed by atoms with van der Waals surface area (Å²) in [6.07, 6.45) is 1.57. The number of hydrogen-bond donors (Lipinski definition) is 0. The molecule has 104 valence electrons. The lowest BCUT2D eigenvalue weighted by atomic mass is 9.85. The van der Waals surface area contributed by atoms with E-state index in [2.05, 4.69) is 9.97 Å². The summed E-state index contributed by atoms with van der Waals surface area (Å²) in [5, 5.41) is 0. The molecule has 1 fully saturated rings. The third kappa shape index (κ3) is 2.40. The maximum atomic E-state index is 5.90. The van der Waals surface area contributed by atoms with Gasteiger partial charge >= 0.3 is 7.12 Å². The first-order valence-corrected chi connectivity index (χ1v) is 6.11. The van der Waals surface area contributed by atoms with Gasteiger partial charge in [0.25, 0.3) is 11.8 Å². The van der Waals surface area contributed by atoms with Crippen molar-refractivity contribution in [2.75, 3.05) is 14.2 Å². The van der Waals surface area contributed by atoms with Crippen molar-refractivity contribution >= 4 is 12.7 Å². The molecule has 1 aliphatic heterocycles. The molecule has 0 bridgehead atoms. The van der Waals surface area contributed by atoms with E-state index in [1.54, 1.807) is 6.20 Å². The molecule has 0 radical (unpaired) electrons. The molecular formula is C12H19BN2O4. The predicted octanol–water partition coefficient (Wildman–Crippen LogP) is 0.793. The molecule has 0 aliphatic carbocycles. The Morgan fingerprint density at radius 3 is 2.00 bits per heavy atom. The summed E-state index contributed by atoms with van der Waals surface area (Å²) in [6.45, 7) is 7.95. The van der Waals surface area contributed by atoms with Gasteiger partial charge in [-0.15, -0.1) is 0 Å². The fraction of sp³-hybridized carbons (Fsp3) is 0.667. The second kappa shape index (κ2) is 4.65. The third-order valence-corrected chi connectivity index (χ3v) is 3.61. The summed E-state index contributed by atoms with van der Waals surface area (Å²) in [5.74, 6) is 0.650. The fourth-order valence-electron chi connectivity index (χ4n) is 1.72. The molecule has 2 heterocycles. The second-order valence-corrected chi connectivity index (χ2v) is 5.40. The van der Waals surface area contributed by atoms with Crippen LogP contribution in [0.1, 0.15) is 27.7 Å². The van der Waals surface area contributed by atoms with Crippen LogP contribution in [-0.4, -0.2) is 42.5 Å². The molecule has 2 rings (SSSR count). The Bertz CT molecular complexity index is 463. The highest BCUT2D eigenvalue weighted by atomic mass is 16.7. The van der Waals surface area contributed by atoms with E-state index in [0.717, 1.165) is 0 Å². The molecule has 0 N–H and O–H groups in total. The van der Waals surface area contributed by atoms with Crippen molar-refractivity contribution in [3.05, 3.63) is 6.20 Å². The van der Waals surface area contributed by atoms with E-state index in [0.29, 0.717) is 17.4 Å². The summed E-state index contributed by atoms with van der Waals surface area (Å²) in [5.41, 5.74) is -0.254. The topological polar surface area (TPSA) is 62.7 Å². The maximum absolute atomic E-state index is 5.90. The van der Waals surface area contributed by atoms with Crippen LogP contribution < -0.4 is 15.1 Å². The minimum atomic E-state index is -0.558. The summed E-state index contributed by atoms with van der Waals surface area (Å²) in [4.78, 5) is 8.45. The standard InChI is InChI=1S/C12H19BN2O4/c1-11(2)12(3,4)19-13(18-11)8-7-14-9(16-5)10(15-8)17-6/h7H,1-6H3. The third-order valence-electron chi connectivity index (χ3n) is 3.61. The Labute approximate surface area is 113 Å². The van der Waals surface area contributed by atoms with Crippen molar-refractivity contribution in [1.82, 2.24) is 9.97 Å². The SMILES string of the molecule is COc1ncc(B2OC(C)(C)C(C)(C)O2)nc1OC. The van der Waals surface area contributed by atoms with E-state index in [1.165, 1.54) is 14.2 Å². The summed E-state index contributed by atoms with van der Waals surface area (Å²) in [6, 6.07) is 0. The minimum absolute atomic E-state index is 0.315. The van der Waals surface area contributed by atoms with Crippen LogP contribution in [0.4, 0.5) is 0 Å². The Morgan fingerprint density at radius 2 is 1.53 bits per heavy atom. The second-order valence-electron chi connectivity index (χ2n) is 5.40. The lowest BCUT2D eigenvalue weighted by Crippen LogP contribution is -2.41. The average Bonchev–Trinajstić information content (AvgIpc) is 2.57. The van der Waals surface area contributed by atoms with Crippen LogP contribution in [0.5, 0.6) is 11.8 Å². The summed E-state index contributed by atoms with van der Waals surface area (Å²) < 4.78 is 22.0. The highest BCUT2D eigenvalue weighted by Gasteiger charge is 2.52. The molecule has 1 saturated heterocycles. The molecule has 0 amide bonds. The van der Waals surface area contributed by atoms with Crippen LogP contribution in [-0.2, 0) is 9.31 Å². The van der Waals surface area contributed by atoms with E-state index in [1.807, 2.05) is 27.7 Å². The van der Waals surface area contributed by atoms with Gasteiger partial charge in [-0.25, -0.2) is 9.97 Å². The molecule has 0 saturated carbocycles. The van der Waals surface area contributed by atoms with Crippen LogP contribution in [0.3, 0.4) is 0 Å². The average molecular weight is 266 g/mol. The fourth-order valence-corrected chi connectivity index (χ4v) is 1.72. The first-order chi connectivity index (χ1) is 8.80. The van der Waals surface area contributed by atoms with E-state index in [4.69, 9.17) is 18.8 Å². The summed E-state index contributed by atoms with van der Waals surface area (Å²) in [7, 11) is 2.47. The van der Waals surface area contributed by atoms with Gasteiger partial charge in [-0.1, -0.05) is 0 Å². The van der Waals surface area contributed by atoms with Gasteiger partial charge in [0, 0.05) is 6.20 Å². The van der Waals surface area contributed by atoms with Crippen molar-refractivity contribution in [3.8, 4) is 11.8 Å². The van der Waals surface area contributed by atoms with Crippen molar-refractivity contribution in [1.29, 1.82) is 0 Å². The zero-order valence-electron chi connectivity index (χ0n) is 12.2. The van der Waals surface area contributed by atoms with Gasteiger partial charge < -0.3 is 18.8 Å². The number of ether oxygens (including phenoxy) is 2. The molecule has 7 heteroatoms. The van der Waals surface area contributed by atoms with Crippen molar-refractivity contribution in [2.45, 2.75) is 38.9 Å². The Morgan fingerprint density at radius 1 is 1.00 bits per heavy atom. The Kier molecular flexibility index (Phi) is 3.44. The quantitative estimate of drug-likeness (QED) is 0.754. The maximum Gasteiger partial charge on any atom is 0.516 e. The van der Waals surface area contributed by atoms with Gasteiger partial charge in [0.15, 0.2) is 0 Å². The minimum Gasteiger partial charge on any atom is -0.477 e. The van der Waals surface area contributed by atoms with E-state index in [-0.39, 0.29) is 0 Å². The van der Waals surface area contributed by atoms with E-state index < -0.39 is 18.3 Å². The molecule has 6 nitrogen and oxygen atoms in total. The lowest BCUT2D eigenvalue weighted by Gasteiger charge is -2.32. The monoisotopic (exact) mass is 266 g/mol. The van der Waals surface area contributed by atoms with Gasteiger partial charge in [0.2, 0.25) is 0 Å². The predicted molar refractivity (Wildman–Crippen MR) is 70.9 cm³/mol. The molecular weight excluding hydrogens is 247 g/mol. The number of methoxy groups -OCH3 is 2. The number of hydrogen-bond acceptors (Lipinski definition) is 6. The molecule has 19 heavy (non-hydrogen) atoms. The highest BCUT2D eigenvalue weighted by molar-refractivity contribution is 6.61.